The summed E-state index contributed by atoms with van der Waals surface area (Å²) in [6.45, 7) is 5.44. The lowest BCUT2D eigenvalue weighted by Gasteiger charge is -2.15. The molecule has 1 unspecified atom stereocenters. The van der Waals surface area contributed by atoms with E-state index in [1.165, 1.54) is 16.0 Å². The second-order valence-electron chi connectivity index (χ2n) is 5.78. The Morgan fingerprint density at radius 1 is 1.33 bits per heavy atom. The van der Waals surface area contributed by atoms with Crippen LogP contribution in [-0.4, -0.2) is 19.6 Å². The maximum atomic E-state index is 12.1. The number of nitriles is 1. The van der Waals surface area contributed by atoms with E-state index in [-0.39, 0.29) is 0 Å². The highest BCUT2D eigenvalue weighted by Gasteiger charge is 2.25. The molecule has 0 spiro atoms. The van der Waals surface area contributed by atoms with Gasteiger partial charge < -0.3 is 15.4 Å². The zero-order valence-electron chi connectivity index (χ0n) is 14.2. The quantitative estimate of drug-likeness (QED) is 0.785. The van der Waals surface area contributed by atoms with Gasteiger partial charge in [0.05, 0.1) is 24.8 Å². The summed E-state index contributed by atoms with van der Waals surface area (Å²) in [6.07, 6.45) is 0. The van der Waals surface area contributed by atoms with Gasteiger partial charge in [0.2, 0.25) is 0 Å². The van der Waals surface area contributed by atoms with Crippen molar-refractivity contribution < 1.29 is 14.4 Å². The summed E-state index contributed by atoms with van der Waals surface area (Å²) < 4.78 is 5.09. The van der Waals surface area contributed by atoms with Crippen LogP contribution in [0.4, 0.5) is 5.00 Å². The molecule has 0 saturated carbocycles. The van der Waals surface area contributed by atoms with E-state index in [1.54, 1.807) is 6.92 Å². The lowest BCUT2D eigenvalue weighted by atomic mass is 10.1. The van der Waals surface area contributed by atoms with Gasteiger partial charge in [0, 0.05) is 5.56 Å². The van der Waals surface area contributed by atoms with E-state index in [2.05, 4.69) is 37.3 Å². The van der Waals surface area contributed by atoms with Crippen molar-refractivity contribution in [1.29, 1.82) is 5.26 Å². The van der Waals surface area contributed by atoms with E-state index >= 15 is 0 Å². The van der Waals surface area contributed by atoms with Crippen molar-refractivity contribution >= 4 is 22.3 Å². The van der Waals surface area contributed by atoms with E-state index in [4.69, 9.17) is 10.5 Å². The van der Waals surface area contributed by atoms with Crippen LogP contribution in [0.2, 0.25) is 0 Å². The number of benzene rings is 1. The van der Waals surface area contributed by atoms with Crippen LogP contribution in [0.1, 0.15) is 38.8 Å². The molecule has 5 nitrogen and oxygen atoms in total. The summed E-state index contributed by atoms with van der Waals surface area (Å²) in [5, 5.41) is 9.75. The SMILES string of the molecule is CCOC(=O)c1sc(N)c(C#N)c1C[NH+](C)Cc1ccc(C)cc1. The average Bonchev–Trinajstić information content (AvgIpc) is 2.85. The number of carbonyl (C=O) groups is 1. The first-order valence-electron chi connectivity index (χ1n) is 7.81. The van der Waals surface area contributed by atoms with Crippen molar-refractivity contribution in [2.75, 3.05) is 19.4 Å². The molecule has 1 heterocycles. The fourth-order valence-corrected chi connectivity index (χ4v) is 3.49. The third kappa shape index (κ3) is 4.13. The molecule has 126 valence electrons. The molecule has 3 N–H and O–H groups in total. The Balaban J connectivity index is 2.22. The molecule has 0 aliphatic rings. The Labute approximate surface area is 146 Å². The van der Waals surface area contributed by atoms with Crippen LogP contribution < -0.4 is 10.6 Å². The highest BCUT2D eigenvalue weighted by atomic mass is 32.1. The van der Waals surface area contributed by atoms with Crippen LogP contribution in [0.25, 0.3) is 0 Å². The molecule has 0 saturated heterocycles. The van der Waals surface area contributed by atoms with Gasteiger partial charge in [-0.2, -0.15) is 5.26 Å². The van der Waals surface area contributed by atoms with Crippen LogP contribution in [0.15, 0.2) is 24.3 Å². The van der Waals surface area contributed by atoms with Crippen molar-refractivity contribution in [1.82, 2.24) is 0 Å². The standard InChI is InChI=1S/C18H21N3O2S/c1-4-23-18(22)16-15(14(9-19)17(20)24-16)11-21(3)10-13-7-5-12(2)6-8-13/h5-8H,4,10-11,20H2,1-3H3/p+1. The predicted molar refractivity (Wildman–Crippen MR) is 94.9 cm³/mol. The molecule has 1 aromatic carbocycles. The van der Waals surface area contributed by atoms with Gasteiger partial charge in [-0.05, 0) is 13.8 Å². The largest absolute Gasteiger partial charge is 0.462 e. The second kappa shape index (κ2) is 7.95. The molecule has 24 heavy (non-hydrogen) atoms. The third-order valence-corrected chi connectivity index (χ3v) is 4.75. The Morgan fingerprint density at radius 2 is 2.00 bits per heavy atom. The average molecular weight is 344 g/mol. The molecule has 0 fully saturated rings. The second-order valence-corrected chi connectivity index (χ2v) is 6.83. The summed E-state index contributed by atoms with van der Waals surface area (Å²) in [5.41, 5.74) is 9.42. The maximum Gasteiger partial charge on any atom is 0.348 e. The number of nitrogens with one attached hydrogen (secondary N) is 1. The fraction of sp³-hybridized carbons (Fsp3) is 0.333. The van der Waals surface area contributed by atoms with E-state index in [0.29, 0.717) is 34.2 Å². The van der Waals surface area contributed by atoms with Crippen LogP contribution in [0, 0.1) is 18.3 Å². The number of ether oxygens (including phenoxy) is 1. The minimum atomic E-state index is -0.408. The number of carbonyl (C=O) groups excluding carboxylic acids is 1. The van der Waals surface area contributed by atoms with Crippen molar-refractivity contribution in [2.24, 2.45) is 0 Å². The minimum Gasteiger partial charge on any atom is -0.462 e. The van der Waals surface area contributed by atoms with Gasteiger partial charge in [-0.15, -0.1) is 11.3 Å². The zero-order chi connectivity index (χ0) is 17.7. The van der Waals surface area contributed by atoms with Gasteiger partial charge in [-0.25, -0.2) is 4.79 Å². The van der Waals surface area contributed by atoms with Gasteiger partial charge >= 0.3 is 5.97 Å². The van der Waals surface area contributed by atoms with Crippen LogP contribution in [-0.2, 0) is 17.8 Å². The third-order valence-electron chi connectivity index (χ3n) is 3.71. The number of nitrogen functional groups attached to an aromatic ring is 1. The Hall–Kier alpha value is -2.36. The molecular formula is C18H22N3O2S+. The van der Waals surface area contributed by atoms with Gasteiger partial charge in [-0.3, -0.25) is 0 Å². The molecule has 1 atom stereocenters. The van der Waals surface area contributed by atoms with Crippen molar-refractivity contribution in [3.8, 4) is 6.07 Å². The fourth-order valence-electron chi connectivity index (χ4n) is 2.56. The predicted octanol–water partition coefficient (Wildman–Crippen LogP) is 1.90. The molecule has 1 aromatic heterocycles. The smallest absolute Gasteiger partial charge is 0.348 e. The van der Waals surface area contributed by atoms with E-state index in [1.807, 2.05) is 7.05 Å². The van der Waals surface area contributed by atoms with Crippen LogP contribution in [0.5, 0.6) is 0 Å². The number of hydrogen-bond donors (Lipinski definition) is 2. The summed E-state index contributed by atoms with van der Waals surface area (Å²) in [7, 11) is 2.03. The molecule has 0 bridgehead atoms. The van der Waals surface area contributed by atoms with Gasteiger partial charge in [0.25, 0.3) is 0 Å². The lowest BCUT2D eigenvalue weighted by Crippen LogP contribution is -3.06. The first-order chi connectivity index (χ1) is 11.5. The van der Waals surface area contributed by atoms with Crippen LogP contribution >= 0.6 is 11.3 Å². The normalized spacial score (nSPS) is 11.8. The zero-order valence-corrected chi connectivity index (χ0v) is 15.0. The highest BCUT2D eigenvalue weighted by molar-refractivity contribution is 7.18. The topological polar surface area (TPSA) is 80.5 Å². The highest BCUT2D eigenvalue weighted by Crippen LogP contribution is 2.30. The molecule has 2 aromatic rings. The molecule has 0 aliphatic carbocycles. The molecule has 6 heteroatoms. The number of quaternary nitrogens is 1. The summed E-state index contributed by atoms with van der Waals surface area (Å²) >= 11 is 1.13. The van der Waals surface area contributed by atoms with E-state index in [9.17, 15) is 10.1 Å². The van der Waals surface area contributed by atoms with Crippen LogP contribution in [0.3, 0.4) is 0 Å². The molecular weight excluding hydrogens is 322 g/mol. The number of nitrogens with two attached hydrogens (primary N) is 1. The maximum absolute atomic E-state index is 12.1. The first-order valence-corrected chi connectivity index (χ1v) is 8.63. The van der Waals surface area contributed by atoms with Crippen molar-refractivity contribution in [2.45, 2.75) is 26.9 Å². The molecule has 0 aliphatic heterocycles. The lowest BCUT2D eigenvalue weighted by molar-refractivity contribution is -0.907. The summed E-state index contributed by atoms with van der Waals surface area (Å²) in [4.78, 5) is 13.7. The van der Waals surface area contributed by atoms with Crippen molar-refractivity contribution in [3.05, 3.63) is 51.4 Å². The summed E-state index contributed by atoms with van der Waals surface area (Å²) in [6, 6.07) is 10.5. The Bertz CT molecular complexity index is 760. The molecule has 2 rings (SSSR count). The number of thiophene rings is 1. The Morgan fingerprint density at radius 3 is 2.58 bits per heavy atom. The number of esters is 1. The van der Waals surface area contributed by atoms with E-state index in [0.717, 1.165) is 17.9 Å². The molecule has 0 amide bonds. The number of rotatable bonds is 6. The monoisotopic (exact) mass is 344 g/mol. The van der Waals surface area contributed by atoms with Gasteiger partial charge in [0.15, 0.2) is 0 Å². The first kappa shape index (κ1) is 18.0. The minimum absolute atomic E-state index is 0.296. The molecule has 0 radical (unpaired) electrons. The van der Waals surface area contributed by atoms with Crippen molar-refractivity contribution in [3.63, 3.8) is 0 Å². The van der Waals surface area contributed by atoms with Gasteiger partial charge in [0.1, 0.15) is 29.0 Å². The Kier molecular flexibility index (Phi) is 5.96. The number of hydrogen-bond acceptors (Lipinski definition) is 5. The van der Waals surface area contributed by atoms with Gasteiger partial charge in [-0.1, -0.05) is 29.8 Å². The number of anilines is 1. The summed E-state index contributed by atoms with van der Waals surface area (Å²) in [5.74, 6) is -0.408. The number of nitrogens with zero attached hydrogens (tertiary/aromatic N) is 1. The number of aryl methyl sites for hydroxylation is 1. The van der Waals surface area contributed by atoms with E-state index < -0.39 is 5.97 Å².